The third kappa shape index (κ3) is 5.43. The molecule has 0 saturated carbocycles. The Morgan fingerprint density at radius 3 is 2.34 bits per heavy atom. The molecule has 0 spiro atoms. The predicted octanol–water partition coefficient (Wildman–Crippen LogP) is 5.77. The molecular formula is C31H38N2O5. The largest absolute Gasteiger partial charge is 0.508 e. The summed E-state index contributed by atoms with van der Waals surface area (Å²) < 4.78 is 17.3. The van der Waals surface area contributed by atoms with Gasteiger partial charge in [0.2, 0.25) is 11.2 Å². The summed E-state index contributed by atoms with van der Waals surface area (Å²) >= 11 is 0. The van der Waals surface area contributed by atoms with Crippen LogP contribution in [0.4, 0.5) is 5.69 Å². The van der Waals surface area contributed by atoms with Crippen LogP contribution in [0.25, 0.3) is 11.1 Å². The molecule has 0 radical (unpaired) electrons. The molecule has 3 aromatic carbocycles. The number of nitrogens with zero attached hydrogens (tertiary/aromatic N) is 1. The van der Waals surface area contributed by atoms with Gasteiger partial charge in [0, 0.05) is 29.3 Å². The minimum absolute atomic E-state index is 0.0787. The van der Waals surface area contributed by atoms with Gasteiger partial charge in [-0.1, -0.05) is 24.3 Å². The Hall–Kier alpha value is -3.71. The lowest BCUT2D eigenvalue weighted by Crippen LogP contribution is -2.29. The SMILES string of the molecule is COc1cc2c(c(OC)c1OC)-c1ccc(NC(C)(C)C)c(=O)cc1C(N(C)Cc1ccccc1O)CC2. The number of aromatic hydroxyl groups is 1. The van der Waals surface area contributed by atoms with E-state index in [2.05, 4.69) is 10.2 Å². The molecule has 7 nitrogen and oxygen atoms in total. The van der Waals surface area contributed by atoms with Crippen molar-refractivity contribution in [3.05, 3.63) is 75.4 Å². The highest BCUT2D eigenvalue weighted by atomic mass is 16.5. The molecule has 202 valence electrons. The summed E-state index contributed by atoms with van der Waals surface area (Å²) in [4.78, 5) is 15.7. The summed E-state index contributed by atoms with van der Waals surface area (Å²) in [6, 6.07) is 14.9. The van der Waals surface area contributed by atoms with Crippen LogP contribution in [0.15, 0.2) is 53.3 Å². The van der Waals surface area contributed by atoms with Crippen LogP contribution in [0.2, 0.25) is 0 Å². The lowest BCUT2D eigenvalue weighted by atomic mass is 9.95. The van der Waals surface area contributed by atoms with E-state index in [1.54, 1.807) is 33.5 Å². The number of hydrogen-bond acceptors (Lipinski definition) is 7. The molecule has 0 heterocycles. The Morgan fingerprint density at radius 1 is 1.00 bits per heavy atom. The van der Waals surface area contributed by atoms with Gasteiger partial charge in [0.25, 0.3) is 0 Å². The van der Waals surface area contributed by atoms with Gasteiger partial charge >= 0.3 is 0 Å². The summed E-state index contributed by atoms with van der Waals surface area (Å²) in [7, 11) is 6.87. The zero-order chi connectivity index (χ0) is 27.6. The van der Waals surface area contributed by atoms with E-state index < -0.39 is 0 Å². The van der Waals surface area contributed by atoms with Crippen LogP contribution in [0.1, 0.15) is 49.9 Å². The number of phenols is 1. The molecule has 1 aliphatic rings. The summed E-state index contributed by atoms with van der Waals surface area (Å²) in [6.07, 6.45) is 1.50. The van der Waals surface area contributed by atoms with Crippen LogP contribution >= 0.6 is 0 Å². The molecule has 0 bridgehead atoms. The highest BCUT2D eigenvalue weighted by Crippen LogP contribution is 2.51. The van der Waals surface area contributed by atoms with Crippen LogP contribution in [-0.4, -0.2) is 43.9 Å². The molecular weight excluding hydrogens is 480 g/mol. The summed E-state index contributed by atoms with van der Waals surface area (Å²) in [5.41, 5.74) is 4.77. The number of methoxy groups -OCH3 is 3. The molecule has 0 amide bonds. The summed E-state index contributed by atoms with van der Waals surface area (Å²) in [5, 5.41) is 13.8. The Labute approximate surface area is 225 Å². The zero-order valence-corrected chi connectivity index (χ0v) is 23.3. The standard InChI is InChI=1S/C31H38N2O5/c1-31(2,3)32-23-14-13-21-22(17-26(23)35)24(33(4)18-20-10-8-9-11-25(20)34)15-12-19-16-27(36-5)29(37-6)30(38-7)28(19)21/h8-11,13-14,16-17,24,34H,12,15,18H2,1-7H3,(H,32,35). The average Bonchev–Trinajstić information content (AvgIpc) is 3.11. The van der Waals surface area contributed by atoms with Crippen LogP contribution in [0.3, 0.4) is 0 Å². The third-order valence-corrected chi connectivity index (χ3v) is 6.96. The topological polar surface area (TPSA) is 80.3 Å². The molecule has 1 atom stereocenters. The molecule has 38 heavy (non-hydrogen) atoms. The first-order valence-corrected chi connectivity index (χ1v) is 12.8. The minimum atomic E-state index is -0.280. The van der Waals surface area contributed by atoms with E-state index in [9.17, 15) is 9.90 Å². The van der Waals surface area contributed by atoms with Crippen molar-refractivity contribution in [3.8, 4) is 34.1 Å². The first-order chi connectivity index (χ1) is 18.1. The van der Waals surface area contributed by atoms with Gasteiger partial charge in [-0.15, -0.1) is 0 Å². The molecule has 0 fully saturated rings. The number of aryl methyl sites for hydroxylation is 1. The number of ether oxygens (including phenoxy) is 3. The second-order valence-corrected chi connectivity index (χ2v) is 10.8. The van der Waals surface area contributed by atoms with Crippen LogP contribution in [-0.2, 0) is 13.0 Å². The van der Waals surface area contributed by atoms with Crippen molar-refractivity contribution in [1.82, 2.24) is 4.90 Å². The number of fused-ring (bicyclic) bond motifs is 3. The predicted molar refractivity (Wildman–Crippen MR) is 152 cm³/mol. The molecule has 0 aromatic heterocycles. The van der Waals surface area contributed by atoms with Crippen molar-refractivity contribution in [2.75, 3.05) is 33.7 Å². The van der Waals surface area contributed by atoms with Gasteiger partial charge in [0.05, 0.1) is 27.0 Å². The molecule has 1 aliphatic carbocycles. The first kappa shape index (κ1) is 27.3. The highest BCUT2D eigenvalue weighted by molar-refractivity contribution is 5.83. The van der Waals surface area contributed by atoms with Crippen LogP contribution < -0.4 is 25.0 Å². The lowest BCUT2D eigenvalue weighted by molar-refractivity contribution is 0.223. The Kier molecular flexibility index (Phi) is 7.88. The number of para-hydroxylation sites is 1. The minimum Gasteiger partial charge on any atom is -0.508 e. The van der Waals surface area contributed by atoms with E-state index in [0.717, 1.165) is 40.7 Å². The fourth-order valence-electron chi connectivity index (χ4n) is 5.28. The van der Waals surface area contributed by atoms with E-state index in [0.29, 0.717) is 29.5 Å². The molecule has 4 rings (SSSR count). The maximum Gasteiger partial charge on any atom is 0.203 e. The van der Waals surface area contributed by atoms with Gasteiger partial charge in [-0.3, -0.25) is 9.69 Å². The molecule has 7 heteroatoms. The lowest BCUT2D eigenvalue weighted by Gasteiger charge is -2.28. The number of rotatable bonds is 7. The number of hydrogen-bond donors (Lipinski definition) is 2. The van der Waals surface area contributed by atoms with E-state index in [-0.39, 0.29) is 22.8 Å². The van der Waals surface area contributed by atoms with Crippen molar-refractivity contribution in [2.45, 2.75) is 51.7 Å². The second-order valence-electron chi connectivity index (χ2n) is 10.8. The summed E-state index contributed by atoms with van der Waals surface area (Å²) in [6.45, 7) is 6.62. The third-order valence-electron chi connectivity index (χ3n) is 6.96. The van der Waals surface area contributed by atoms with Crippen molar-refractivity contribution in [3.63, 3.8) is 0 Å². The smallest absolute Gasteiger partial charge is 0.203 e. The quantitative estimate of drug-likeness (QED) is 0.411. The molecule has 3 aromatic rings. The first-order valence-electron chi connectivity index (χ1n) is 12.8. The monoisotopic (exact) mass is 518 g/mol. The van der Waals surface area contributed by atoms with Gasteiger partial charge in [-0.05, 0) is 81.6 Å². The van der Waals surface area contributed by atoms with Crippen molar-refractivity contribution >= 4 is 5.69 Å². The van der Waals surface area contributed by atoms with Crippen molar-refractivity contribution in [2.24, 2.45) is 0 Å². The maximum absolute atomic E-state index is 13.6. The van der Waals surface area contributed by atoms with Crippen molar-refractivity contribution in [1.29, 1.82) is 0 Å². The van der Waals surface area contributed by atoms with Gasteiger partial charge in [-0.2, -0.15) is 0 Å². The molecule has 1 unspecified atom stereocenters. The molecule has 0 saturated heterocycles. The van der Waals surface area contributed by atoms with Gasteiger partial charge < -0.3 is 24.6 Å². The highest BCUT2D eigenvalue weighted by Gasteiger charge is 2.31. The van der Waals surface area contributed by atoms with E-state index in [1.165, 1.54) is 0 Å². The van der Waals surface area contributed by atoms with E-state index in [4.69, 9.17) is 14.2 Å². The number of nitrogens with one attached hydrogen (secondary N) is 1. The zero-order valence-electron chi connectivity index (χ0n) is 23.3. The Bertz CT molecular complexity index is 1380. The van der Waals surface area contributed by atoms with Crippen LogP contribution in [0.5, 0.6) is 23.0 Å². The summed E-state index contributed by atoms with van der Waals surface area (Å²) in [5.74, 6) is 1.96. The fraction of sp³-hybridized carbons (Fsp3) is 0.387. The number of anilines is 1. The fourth-order valence-corrected chi connectivity index (χ4v) is 5.28. The maximum atomic E-state index is 13.6. The average molecular weight is 519 g/mol. The van der Waals surface area contributed by atoms with E-state index >= 15 is 0 Å². The van der Waals surface area contributed by atoms with Gasteiger partial charge in [-0.25, -0.2) is 0 Å². The van der Waals surface area contributed by atoms with Crippen molar-refractivity contribution < 1.29 is 19.3 Å². The van der Waals surface area contributed by atoms with E-state index in [1.807, 2.05) is 64.2 Å². The second kappa shape index (κ2) is 11.0. The normalized spacial score (nSPS) is 14.8. The van der Waals surface area contributed by atoms with Crippen LogP contribution in [0, 0.1) is 0 Å². The molecule has 2 N–H and O–H groups in total. The molecule has 0 aliphatic heterocycles. The number of benzene rings is 2. The Balaban J connectivity index is 1.97. The number of phenolic OH excluding ortho intramolecular Hbond substituents is 1. The van der Waals surface area contributed by atoms with Gasteiger partial charge in [0.1, 0.15) is 5.75 Å². The Morgan fingerprint density at radius 2 is 1.71 bits per heavy atom. The van der Waals surface area contributed by atoms with Gasteiger partial charge in [0.15, 0.2) is 11.5 Å².